The van der Waals surface area contributed by atoms with Gasteiger partial charge in [0.05, 0.1) is 22.8 Å². The lowest BCUT2D eigenvalue weighted by Crippen LogP contribution is -2.30. The zero-order valence-electron chi connectivity index (χ0n) is 10.7. The fourth-order valence-corrected chi connectivity index (χ4v) is 2.77. The first kappa shape index (κ1) is 14.1. The third-order valence-electron chi connectivity index (χ3n) is 3.38. The average molecular weight is 288 g/mol. The molecule has 1 heterocycles. The number of benzene rings is 1. The van der Waals surface area contributed by atoms with Crippen LogP contribution in [0.25, 0.3) is 0 Å². The second kappa shape index (κ2) is 6.25. The van der Waals surface area contributed by atoms with Crippen molar-refractivity contribution in [1.29, 1.82) is 0 Å². The van der Waals surface area contributed by atoms with E-state index in [-0.39, 0.29) is 6.10 Å². The summed E-state index contributed by atoms with van der Waals surface area (Å²) in [5, 5.41) is 4.63. The summed E-state index contributed by atoms with van der Waals surface area (Å²) in [7, 11) is 0. The van der Waals surface area contributed by atoms with Gasteiger partial charge in [-0.05, 0) is 23.6 Å². The van der Waals surface area contributed by atoms with Crippen LogP contribution in [-0.2, 0) is 4.74 Å². The van der Waals surface area contributed by atoms with Gasteiger partial charge in [-0.3, -0.25) is 0 Å². The van der Waals surface area contributed by atoms with Gasteiger partial charge in [0.1, 0.15) is 0 Å². The largest absolute Gasteiger partial charge is 0.376 e. The summed E-state index contributed by atoms with van der Waals surface area (Å²) in [6.07, 6.45) is 0.220. The Balaban J connectivity index is 2.28. The highest BCUT2D eigenvalue weighted by molar-refractivity contribution is 6.42. The van der Waals surface area contributed by atoms with E-state index in [1.165, 1.54) is 5.56 Å². The van der Waals surface area contributed by atoms with E-state index in [1.54, 1.807) is 0 Å². The van der Waals surface area contributed by atoms with Crippen molar-refractivity contribution < 1.29 is 4.74 Å². The summed E-state index contributed by atoms with van der Waals surface area (Å²) in [6.45, 7) is 6.98. The van der Waals surface area contributed by atoms with Gasteiger partial charge in [-0.25, -0.2) is 0 Å². The van der Waals surface area contributed by atoms with Gasteiger partial charge in [-0.1, -0.05) is 43.1 Å². The monoisotopic (exact) mass is 287 g/mol. The van der Waals surface area contributed by atoms with Crippen LogP contribution in [-0.4, -0.2) is 25.8 Å². The molecule has 0 aliphatic carbocycles. The van der Waals surface area contributed by atoms with Gasteiger partial charge < -0.3 is 10.1 Å². The molecule has 1 aromatic rings. The van der Waals surface area contributed by atoms with Crippen LogP contribution in [0.1, 0.15) is 25.3 Å². The van der Waals surface area contributed by atoms with Crippen molar-refractivity contribution in [3.63, 3.8) is 0 Å². The Morgan fingerprint density at radius 3 is 2.72 bits per heavy atom. The lowest BCUT2D eigenvalue weighted by Gasteiger charge is -2.28. The Kier molecular flexibility index (Phi) is 4.91. The molecule has 0 saturated carbocycles. The number of rotatable bonds is 2. The average Bonchev–Trinajstić information content (AvgIpc) is 2.58. The first-order chi connectivity index (χ1) is 8.59. The van der Waals surface area contributed by atoms with Crippen molar-refractivity contribution in [3.05, 3.63) is 33.8 Å². The molecule has 2 rings (SSSR count). The smallest absolute Gasteiger partial charge is 0.0679 e. The minimum absolute atomic E-state index is 0.220. The SMILES string of the molecule is CC(C)[C@@H]1OCCNC[C@@H]1c1ccc(Cl)c(Cl)c1. The van der Waals surface area contributed by atoms with E-state index in [1.807, 2.05) is 18.2 Å². The number of halogens is 2. The zero-order valence-corrected chi connectivity index (χ0v) is 12.3. The molecular formula is C14H19Cl2NO. The molecule has 0 bridgehead atoms. The van der Waals surface area contributed by atoms with Gasteiger partial charge in [0, 0.05) is 19.0 Å². The molecule has 4 heteroatoms. The molecule has 1 saturated heterocycles. The molecule has 1 aliphatic heterocycles. The summed E-state index contributed by atoms with van der Waals surface area (Å²) in [4.78, 5) is 0. The second-order valence-electron chi connectivity index (χ2n) is 5.06. The maximum atomic E-state index is 6.11. The molecule has 1 fully saturated rings. The van der Waals surface area contributed by atoms with Crippen molar-refractivity contribution in [2.24, 2.45) is 5.92 Å². The van der Waals surface area contributed by atoms with Gasteiger partial charge >= 0.3 is 0 Å². The molecule has 100 valence electrons. The number of nitrogens with one attached hydrogen (secondary N) is 1. The lowest BCUT2D eigenvalue weighted by molar-refractivity contribution is 0.0201. The van der Waals surface area contributed by atoms with E-state index in [9.17, 15) is 0 Å². The fourth-order valence-electron chi connectivity index (χ4n) is 2.46. The van der Waals surface area contributed by atoms with E-state index in [0.29, 0.717) is 21.9 Å². The number of hydrogen-bond acceptors (Lipinski definition) is 2. The second-order valence-corrected chi connectivity index (χ2v) is 5.88. The highest BCUT2D eigenvalue weighted by Crippen LogP contribution is 2.32. The highest BCUT2D eigenvalue weighted by atomic mass is 35.5. The Bertz CT molecular complexity index is 409. The Morgan fingerprint density at radius 1 is 1.28 bits per heavy atom. The van der Waals surface area contributed by atoms with Crippen LogP contribution in [0, 0.1) is 5.92 Å². The van der Waals surface area contributed by atoms with Crippen molar-refractivity contribution in [3.8, 4) is 0 Å². The topological polar surface area (TPSA) is 21.3 Å². The molecular weight excluding hydrogens is 269 g/mol. The third-order valence-corrected chi connectivity index (χ3v) is 4.12. The first-order valence-corrected chi connectivity index (χ1v) is 7.12. The van der Waals surface area contributed by atoms with E-state index >= 15 is 0 Å². The molecule has 1 N–H and O–H groups in total. The standard InChI is InChI=1S/C14H19Cl2NO/c1-9(2)14-11(8-17-5-6-18-14)10-3-4-12(15)13(16)7-10/h3-4,7,9,11,14,17H,5-6,8H2,1-2H3/t11-,14+/m1/s1. The van der Waals surface area contributed by atoms with Crippen LogP contribution < -0.4 is 5.32 Å². The number of ether oxygens (including phenoxy) is 1. The third kappa shape index (κ3) is 3.18. The molecule has 0 radical (unpaired) electrons. The summed E-state index contributed by atoms with van der Waals surface area (Å²) in [5.74, 6) is 0.798. The van der Waals surface area contributed by atoms with Crippen LogP contribution in [0.3, 0.4) is 0 Å². The molecule has 0 spiro atoms. The van der Waals surface area contributed by atoms with Crippen molar-refractivity contribution >= 4 is 23.2 Å². The maximum Gasteiger partial charge on any atom is 0.0679 e. The van der Waals surface area contributed by atoms with Gasteiger partial charge in [-0.15, -0.1) is 0 Å². The van der Waals surface area contributed by atoms with Crippen molar-refractivity contribution in [2.45, 2.75) is 25.9 Å². The Labute approximate surface area is 119 Å². The van der Waals surface area contributed by atoms with Crippen LogP contribution in [0.15, 0.2) is 18.2 Å². The molecule has 18 heavy (non-hydrogen) atoms. The van der Waals surface area contributed by atoms with Gasteiger partial charge in [0.25, 0.3) is 0 Å². The molecule has 1 aromatic carbocycles. The molecule has 1 aliphatic rings. The van der Waals surface area contributed by atoms with E-state index < -0.39 is 0 Å². The molecule has 0 unspecified atom stereocenters. The Hall–Kier alpha value is -0.280. The van der Waals surface area contributed by atoms with Gasteiger partial charge in [0.2, 0.25) is 0 Å². The number of hydrogen-bond donors (Lipinski definition) is 1. The summed E-state index contributed by atoms with van der Waals surface area (Å²) in [6, 6.07) is 5.87. The highest BCUT2D eigenvalue weighted by Gasteiger charge is 2.28. The quantitative estimate of drug-likeness (QED) is 0.895. The van der Waals surface area contributed by atoms with Crippen LogP contribution >= 0.6 is 23.2 Å². The summed E-state index contributed by atoms with van der Waals surface area (Å²) < 4.78 is 5.96. The minimum Gasteiger partial charge on any atom is -0.376 e. The summed E-state index contributed by atoms with van der Waals surface area (Å²) in [5.41, 5.74) is 1.19. The molecule has 2 atom stereocenters. The van der Waals surface area contributed by atoms with E-state index in [4.69, 9.17) is 27.9 Å². The molecule has 2 nitrogen and oxygen atoms in total. The van der Waals surface area contributed by atoms with E-state index in [2.05, 4.69) is 19.2 Å². The van der Waals surface area contributed by atoms with Crippen molar-refractivity contribution in [2.75, 3.05) is 19.7 Å². The molecule has 0 aromatic heterocycles. The van der Waals surface area contributed by atoms with Gasteiger partial charge in [0.15, 0.2) is 0 Å². The van der Waals surface area contributed by atoms with Crippen LogP contribution in [0.2, 0.25) is 10.0 Å². The predicted octanol–water partition coefficient (Wildman–Crippen LogP) is 3.72. The normalized spacial score (nSPS) is 25.2. The van der Waals surface area contributed by atoms with Gasteiger partial charge in [-0.2, -0.15) is 0 Å². The fraction of sp³-hybridized carbons (Fsp3) is 0.571. The lowest BCUT2D eigenvalue weighted by atomic mass is 9.87. The maximum absolute atomic E-state index is 6.11. The summed E-state index contributed by atoms with van der Waals surface area (Å²) >= 11 is 12.1. The minimum atomic E-state index is 0.220. The zero-order chi connectivity index (χ0) is 13.1. The van der Waals surface area contributed by atoms with Crippen LogP contribution in [0.5, 0.6) is 0 Å². The molecule has 0 amide bonds. The van der Waals surface area contributed by atoms with E-state index in [0.717, 1.165) is 19.7 Å². The Morgan fingerprint density at radius 2 is 2.06 bits per heavy atom. The van der Waals surface area contributed by atoms with Crippen LogP contribution in [0.4, 0.5) is 0 Å². The van der Waals surface area contributed by atoms with Crippen molar-refractivity contribution in [1.82, 2.24) is 5.32 Å². The predicted molar refractivity (Wildman–Crippen MR) is 76.7 cm³/mol. The first-order valence-electron chi connectivity index (χ1n) is 6.37.